The highest BCUT2D eigenvalue weighted by atomic mass is 16.2. The lowest BCUT2D eigenvalue weighted by Gasteiger charge is -2.25. The van der Waals surface area contributed by atoms with Gasteiger partial charge in [0, 0.05) is 12.8 Å². The van der Waals surface area contributed by atoms with Gasteiger partial charge in [0.1, 0.15) is 0 Å². The lowest BCUT2D eigenvalue weighted by molar-refractivity contribution is -0.130. The van der Waals surface area contributed by atoms with Crippen molar-refractivity contribution in [1.29, 1.82) is 0 Å². The lowest BCUT2D eigenvalue weighted by Crippen LogP contribution is -2.30. The molecule has 116 valence electrons. The third kappa shape index (κ3) is 4.05. The van der Waals surface area contributed by atoms with Crippen molar-refractivity contribution in [3.8, 4) is 0 Å². The summed E-state index contributed by atoms with van der Waals surface area (Å²) >= 11 is 0. The highest BCUT2D eigenvalue weighted by Crippen LogP contribution is 2.47. The Labute approximate surface area is 127 Å². The number of allylic oxidation sites excluding steroid dienone is 2. The van der Waals surface area contributed by atoms with E-state index in [0.717, 1.165) is 38.5 Å². The molecule has 1 saturated heterocycles. The Balaban J connectivity index is 2.07. The average molecular weight is 289 g/mol. The maximum atomic E-state index is 11.7. The fourth-order valence-corrected chi connectivity index (χ4v) is 4.14. The van der Waals surface area contributed by atoms with Gasteiger partial charge in [0.15, 0.2) is 0 Å². The SMILES string of the molecule is C=CC1CC(C=C)C2CCCC(=O)NC(=O)CCCCC12. The first kappa shape index (κ1) is 16.0. The van der Waals surface area contributed by atoms with Crippen molar-refractivity contribution in [2.45, 2.75) is 51.4 Å². The number of imide groups is 1. The zero-order chi connectivity index (χ0) is 15.2. The third-order valence-electron chi connectivity index (χ3n) is 5.21. The van der Waals surface area contributed by atoms with E-state index >= 15 is 0 Å². The monoisotopic (exact) mass is 289 g/mol. The van der Waals surface area contributed by atoms with Crippen LogP contribution in [-0.4, -0.2) is 11.8 Å². The van der Waals surface area contributed by atoms with Crippen molar-refractivity contribution in [2.75, 3.05) is 0 Å². The number of rotatable bonds is 2. The molecule has 0 bridgehead atoms. The molecule has 1 heterocycles. The van der Waals surface area contributed by atoms with Crippen molar-refractivity contribution in [1.82, 2.24) is 5.32 Å². The molecule has 2 amide bonds. The molecule has 0 aromatic rings. The Kier molecular flexibility index (Phi) is 5.77. The second-order valence-electron chi connectivity index (χ2n) is 6.47. The lowest BCUT2D eigenvalue weighted by atomic mass is 9.80. The van der Waals surface area contributed by atoms with Crippen LogP contribution in [0.25, 0.3) is 0 Å². The number of hydrogen-bond acceptors (Lipinski definition) is 2. The molecule has 0 radical (unpaired) electrons. The quantitative estimate of drug-likeness (QED) is 0.623. The molecule has 1 aliphatic carbocycles. The molecular formula is C18H27NO2. The summed E-state index contributed by atoms with van der Waals surface area (Å²) in [5.41, 5.74) is 0. The molecule has 1 aliphatic heterocycles. The van der Waals surface area contributed by atoms with Crippen molar-refractivity contribution in [3.05, 3.63) is 25.3 Å². The molecule has 1 N–H and O–H groups in total. The molecule has 3 heteroatoms. The summed E-state index contributed by atoms with van der Waals surface area (Å²) < 4.78 is 0. The number of carbonyl (C=O) groups excluding carboxylic acids is 2. The van der Waals surface area contributed by atoms with E-state index in [0.29, 0.717) is 36.5 Å². The van der Waals surface area contributed by atoms with Gasteiger partial charge in [0.05, 0.1) is 0 Å². The van der Waals surface area contributed by atoms with E-state index in [9.17, 15) is 9.59 Å². The molecule has 3 nitrogen and oxygen atoms in total. The van der Waals surface area contributed by atoms with Crippen LogP contribution in [0.15, 0.2) is 25.3 Å². The van der Waals surface area contributed by atoms with E-state index < -0.39 is 0 Å². The Morgan fingerprint density at radius 3 is 1.95 bits per heavy atom. The number of carbonyl (C=O) groups is 2. The van der Waals surface area contributed by atoms with Gasteiger partial charge >= 0.3 is 0 Å². The Bertz CT molecular complexity index is 415. The predicted molar refractivity (Wildman–Crippen MR) is 84.4 cm³/mol. The van der Waals surface area contributed by atoms with E-state index in [1.165, 1.54) is 0 Å². The molecule has 4 atom stereocenters. The van der Waals surface area contributed by atoms with E-state index in [1.807, 2.05) is 0 Å². The number of amides is 2. The second kappa shape index (κ2) is 7.58. The fourth-order valence-electron chi connectivity index (χ4n) is 4.14. The van der Waals surface area contributed by atoms with E-state index in [4.69, 9.17) is 0 Å². The van der Waals surface area contributed by atoms with Crippen molar-refractivity contribution < 1.29 is 9.59 Å². The number of fused-ring (bicyclic) bond motifs is 1. The van der Waals surface area contributed by atoms with Crippen LogP contribution < -0.4 is 5.32 Å². The standard InChI is InChI=1S/C18H27NO2/c1-3-13-12-14(4-2)16-9-7-11-18(21)19-17(20)10-6-5-8-15(13)16/h3-4,13-16H,1-2,5-12H2,(H,19,20,21). The minimum absolute atomic E-state index is 0.118. The topological polar surface area (TPSA) is 46.2 Å². The van der Waals surface area contributed by atoms with Crippen molar-refractivity contribution >= 4 is 11.8 Å². The summed E-state index contributed by atoms with van der Waals surface area (Å²) in [5.74, 6) is 2.13. The normalized spacial score (nSPS) is 35.0. The van der Waals surface area contributed by atoms with Crippen molar-refractivity contribution in [2.24, 2.45) is 23.7 Å². The molecule has 2 aliphatic rings. The Morgan fingerprint density at radius 2 is 1.38 bits per heavy atom. The largest absolute Gasteiger partial charge is 0.296 e. The average Bonchev–Trinajstić information content (AvgIpc) is 2.79. The summed E-state index contributed by atoms with van der Waals surface area (Å²) in [7, 11) is 0. The van der Waals surface area contributed by atoms with Gasteiger partial charge in [0.2, 0.25) is 11.8 Å². The first-order valence-corrected chi connectivity index (χ1v) is 8.23. The van der Waals surface area contributed by atoms with Crippen LogP contribution >= 0.6 is 0 Å². The van der Waals surface area contributed by atoms with E-state index in [2.05, 4.69) is 30.6 Å². The summed E-state index contributed by atoms with van der Waals surface area (Å²) in [6.07, 6.45) is 11.2. The first-order chi connectivity index (χ1) is 10.2. The van der Waals surface area contributed by atoms with Gasteiger partial charge in [-0.1, -0.05) is 18.6 Å². The molecule has 2 rings (SSSR count). The first-order valence-electron chi connectivity index (χ1n) is 8.23. The maximum absolute atomic E-state index is 11.7. The maximum Gasteiger partial charge on any atom is 0.226 e. The number of hydrogen-bond donors (Lipinski definition) is 1. The second-order valence-corrected chi connectivity index (χ2v) is 6.47. The minimum atomic E-state index is -0.120. The van der Waals surface area contributed by atoms with Gasteiger partial charge in [-0.05, 0) is 55.8 Å². The fraction of sp³-hybridized carbons (Fsp3) is 0.667. The van der Waals surface area contributed by atoms with Gasteiger partial charge in [0.25, 0.3) is 0 Å². The van der Waals surface area contributed by atoms with Gasteiger partial charge < -0.3 is 0 Å². The zero-order valence-electron chi connectivity index (χ0n) is 12.9. The molecule has 2 fully saturated rings. The third-order valence-corrected chi connectivity index (χ3v) is 5.21. The van der Waals surface area contributed by atoms with Gasteiger partial charge in [-0.15, -0.1) is 13.2 Å². The molecule has 21 heavy (non-hydrogen) atoms. The highest BCUT2D eigenvalue weighted by molar-refractivity contribution is 5.95. The van der Waals surface area contributed by atoms with Gasteiger partial charge in [-0.2, -0.15) is 0 Å². The van der Waals surface area contributed by atoms with Crippen LogP contribution in [0.4, 0.5) is 0 Å². The van der Waals surface area contributed by atoms with Crippen LogP contribution in [-0.2, 0) is 9.59 Å². The highest BCUT2D eigenvalue weighted by Gasteiger charge is 2.39. The molecule has 0 aromatic carbocycles. The molecular weight excluding hydrogens is 262 g/mol. The minimum Gasteiger partial charge on any atom is -0.296 e. The Hall–Kier alpha value is -1.38. The predicted octanol–water partition coefficient (Wildman–Crippen LogP) is 3.61. The molecule has 4 unspecified atom stereocenters. The van der Waals surface area contributed by atoms with Crippen LogP contribution in [0.3, 0.4) is 0 Å². The van der Waals surface area contributed by atoms with Gasteiger partial charge in [-0.25, -0.2) is 0 Å². The smallest absolute Gasteiger partial charge is 0.226 e. The molecule has 1 saturated carbocycles. The zero-order valence-corrected chi connectivity index (χ0v) is 12.9. The summed E-state index contributed by atoms with van der Waals surface area (Å²) in [6, 6.07) is 0. The van der Waals surface area contributed by atoms with Gasteiger partial charge in [-0.3, -0.25) is 14.9 Å². The van der Waals surface area contributed by atoms with Crippen LogP contribution in [0, 0.1) is 23.7 Å². The summed E-state index contributed by atoms with van der Waals surface area (Å²) in [4.78, 5) is 23.3. The van der Waals surface area contributed by atoms with E-state index in [1.54, 1.807) is 0 Å². The Morgan fingerprint density at radius 1 is 0.857 bits per heavy atom. The molecule has 0 spiro atoms. The summed E-state index contributed by atoms with van der Waals surface area (Å²) in [5, 5.41) is 2.49. The van der Waals surface area contributed by atoms with Crippen LogP contribution in [0.1, 0.15) is 51.4 Å². The number of nitrogens with one attached hydrogen (secondary N) is 1. The van der Waals surface area contributed by atoms with Crippen LogP contribution in [0.5, 0.6) is 0 Å². The van der Waals surface area contributed by atoms with Crippen LogP contribution in [0.2, 0.25) is 0 Å². The van der Waals surface area contributed by atoms with Crippen molar-refractivity contribution in [3.63, 3.8) is 0 Å². The molecule has 0 aromatic heterocycles. The summed E-state index contributed by atoms with van der Waals surface area (Å²) in [6.45, 7) is 8.00. The van der Waals surface area contributed by atoms with E-state index in [-0.39, 0.29) is 11.8 Å².